The second-order valence-corrected chi connectivity index (χ2v) is 8.41. The van der Waals surface area contributed by atoms with Crippen molar-refractivity contribution in [1.82, 2.24) is 19.5 Å². The van der Waals surface area contributed by atoms with E-state index in [4.69, 9.17) is 37.4 Å². The van der Waals surface area contributed by atoms with Crippen molar-refractivity contribution < 1.29 is 19.0 Å². The van der Waals surface area contributed by atoms with Gasteiger partial charge in [0, 0.05) is 12.3 Å². The van der Waals surface area contributed by atoms with Gasteiger partial charge < -0.3 is 18.8 Å². The normalized spacial score (nSPS) is 35.9. The van der Waals surface area contributed by atoms with E-state index >= 15 is 0 Å². The van der Waals surface area contributed by atoms with Crippen LogP contribution in [-0.4, -0.2) is 49.1 Å². The second kappa shape index (κ2) is 5.53. The molecule has 2 saturated carbocycles. The number of nitrogens with zero attached hydrogens (tertiary/aromatic N) is 4. The van der Waals surface area contributed by atoms with Gasteiger partial charge in [-0.1, -0.05) is 18.5 Å². The van der Waals surface area contributed by atoms with Crippen LogP contribution < -0.4 is 0 Å². The summed E-state index contributed by atoms with van der Waals surface area (Å²) >= 11 is 12.2. The molecule has 3 aliphatic rings. The summed E-state index contributed by atoms with van der Waals surface area (Å²) in [5.41, 5.74) is 0.328. The molecular formula is C17H18Cl2N4O4. The highest BCUT2D eigenvalue weighted by atomic mass is 35.5. The second-order valence-electron chi connectivity index (χ2n) is 7.71. The van der Waals surface area contributed by atoms with Gasteiger partial charge >= 0.3 is 5.97 Å². The van der Waals surface area contributed by atoms with Crippen LogP contribution in [0.4, 0.5) is 0 Å². The summed E-state index contributed by atoms with van der Waals surface area (Å²) in [5, 5.41) is 0.244. The number of halogens is 2. The van der Waals surface area contributed by atoms with Crippen molar-refractivity contribution in [2.24, 2.45) is 5.92 Å². The molecule has 0 spiro atoms. The van der Waals surface area contributed by atoms with Gasteiger partial charge in [0.25, 0.3) is 0 Å². The van der Waals surface area contributed by atoms with Gasteiger partial charge in [0.2, 0.25) is 5.28 Å². The molecule has 0 aromatic carbocycles. The number of hydrogen-bond acceptors (Lipinski definition) is 7. The van der Waals surface area contributed by atoms with E-state index in [1.807, 2.05) is 18.4 Å². The Morgan fingerprint density at radius 3 is 2.89 bits per heavy atom. The van der Waals surface area contributed by atoms with Gasteiger partial charge in [-0.25, -0.2) is 9.97 Å². The molecule has 0 amide bonds. The molecule has 8 nitrogen and oxygen atoms in total. The fourth-order valence-electron chi connectivity index (χ4n) is 4.55. The van der Waals surface area contributed by atoms with Gasteiger partial charge in [-0.2, -0.15) is 4.98 Å². The average molecular weight is 413 g/mol. The molecule has 5 atom stereocenters. The summed E-state index contributed by atoms with van der Waals surface area (Å²) in [6, 6.07) is -0.159. The van der Waals surface area contributed by atoms with Gasteiger partial charge in [-0.3, -0.25) is 4.79 Å². The minimum atomic E-state index is -0.770. The van der Waals surface area contributed by atoms with Crippen molar-refractivity contribution in [3.63, 3.8) is 0 Å². The lowest BCUT2D eigenvalue weighted by Gasteiger charge is -2.23. The lowest BCUT2D eigenvalue weighted by molar-refractivity contribution is -0.181. The van der Waals surface area contributed by atoms with E-state index in [9.17, 15) is 4.79 Å². The number of carbonyl (C=O) groups is 1. The van der Waals surface area contributed by atoms with Crippen molar-refractivity contribution in [2.75, 3.05) is 0 Å². The average Bonchev–Trinajstić information content (AvgIpc) is 2.85. The summed E-state index contributed by atoms with van der Waals surface area (Å²) in [5.74, 6) is -0.967. The number of hydrogen-bond donors (Lipinski definition) is 0. The smallest absolute Gasteiger partial charge is 0.306 e. The molecule has 1 saturated heterocycles. The minimum absolute atomic E-state index is 0.0454. The fraction of sp³-hybridized carbons (Fsp3) is 0.647. The molecule has 3 fully saturated rings. The predicted molar refractivity (Wildman–Crippen MR) is 95.4 cm³/mol. The molecule has 2 aromatic rings. The third kappa shape index (κ3) is 2.43. The summed E-state index contributed by atoms with van der Waals surface area (Å²) in [4.78, 5) is 24.7. The number of imidazole rings is 1. The van der Waals surface area contributed by atoms with Crippen molar-refractivity contribution in [2.45, 2.75) is 63.3 Å². The Labute approximate surface area is 165 Å². The standard InChI is InChI=1S/C17H18Cl2N4O4/c1-4-8(24)25-17-5-7(17)10(11-12(17)27-16(2,3)26-11)23-6-20-9-13(18)21-15(19)22-14(9)23/h6-7,10-12H,4-5H2,1-3H3/t7-,10-,11+,12+,17-/m1/s1. The van der Waals surface area contributed by atoms with E-state index in [-0.39, 0.29) is 40.6 Å². The van der Waals surface area contributed by atoms with Crippen LogP contribution in [-0.2, 0) is 19.0 Å². The van der Waals surface area contributed by atoms with Crippen LogP contribution in [0.2, 0.25) is 10.4 Å². The van der Waals surface area contributed by atoms with Crippen molar-refractivity contribution >= 4 is 40.3 Å². The molecule has 10 heteroatoms. The number of fused-ring (bicyclic) bond motifs is 4. The zero-order chi connectivity index (χ0) is 19.1. The Bertz CT molecular complexity index is 964. The topological polar surface area (TPSA) is 88.4 Å². The van der Waals surface area contributed by atoms with E-state index in [0.29, 0.717) is 24.0 Å². The Morgan fingerprint density at radius 1 is 1.37 bits per heavy atom. The molecule has 2 aromatic heterocycles. The number of aromatic nitrogens is 4. The molecular weight excluding hydrogens is 395 g/mol. The maximum Gasteiger partial charge on any atom is 0.306 e. The number of ether oxygens (including phenoxy) is 3. The van der Waals surface area contributed by atoms with Crippen LogP contribution in [0.5, 0.6) is 0 Å². The minimum Gasteiger partial charge on any atom is -0.456 e. The van der Waals surface area contributed by atoms with Gasteiger partial charge in [0.05, 0.1) is 12.4 Å². The van der Waals surface area contributed by atoms with E-state index in [2.05, 4.69) is 15.0 Å². The van der Waals surface area contributed by atoms with Crippen LogP contribution >= 0.6 is 23.2 Å². The van der Waals surface area contributed by atoms with Crippen LogP contribution in [0, 0.1) is 5.92 Å². The van der Waals surface area contributed by atoms with Gasteiger partial charge in [-0.15, -0.1) is 0 Å². The molecule has 27 heavy (non-hydrogen) atoms. The first kappa shape index (κ1) is 17.6. The molecule has 0 radical (unpaired) electrons. The highest BCUT2D eigenvalue weighted by Crippen LogP contribution is 2.67. The highest BCUT2D eigenvalue weighted by Gasteiger charge is 2.79. The maximum absolute atomic E-state index is 12.1. The molecule has 3 heterocycles. The fourth-order valence-corrected chi connectivity index (χ4v) is 4.98. The predicted octanol–water partition coefficient (Wildman–Crippen LogP) is 2.92. The lowest BCUT2D eigenvalue weighted by atomic mass is 10.1. The summed E-state index contributed by atoms with van der Waals surface area (Å²) < 4.78 is 20.1. The zero-order valence-corrected chi connectivity index (χ0v) is 16.5. The Morgan fingerprint density at radius 2 is 2.15 bits per heavy atom. The first-order valence-electron chi connectivity index (χ1n) is 8.89. The van der Waals surface area contributed by atoms with E-state index in [1.165, 1.54) is 0 Å². The number of carbonyl (C=O) groups excluding carboxylic acids is 1. The van der Waals surface area contributed by atoms with E-state index in [0.717, 1.165) is 0 Å². The molecule has 0 bridgehead atoms. The van der Waals surface area contributed by atoms with E-state index in [1.54, 1.807) is 13.3 Å². The Hall–Kier alpha value is -1.48. The summed E-state index contributed by atoms with van der Waals surface area (Å²) in [6.45, 7) is 5.49. The third-order valence-corrected chi connectivity index (χ3v) is 6.06. The first-order valence-corrected chi connectivity index (χ1v) is 9.64. The first-order chi connectivity index (χ1) is 12.8. The van der Waals surface area contributed by atoms with Crippen molar-refractivity contribution in [3.8, 4) is 0 Å². The van der Waals surface area contributed by atoms with Crippen LogP contribution in [0.1, 0.15) is 39.7 Å². The number of esters is 1. The van der Waals surface area contributed by atoms with Crippen LogP contribution in [0.25, 0.3) is 11.2 Å². The summed E-state index contributed by atoms with van der Waals surface area (Å²) in [7, 11) is 0. The molecule has 2 aliphatic carbocycles. The maximum atomic E-state index is 12.1. The van der Waals surface area contributed by atoms with Crippen LogP contribution in [0.15, 0.2) is 6.33 Å². The quantitative estimate of drug-likeness (QED) is 0.434. The lowest BCUT2D eigenvalue weighted by Crippen LogP contribution is -2.38. The third-order valence-electron chi connectivity index (χ3n) is 5.63. The Kier molecular flexibility index (Phi) is 3.61. The largest absolute Gasteiger partial charge is 0.456 e. The highest BCUT2D eigenvalue weighted by molar-refractivity contribution is 6.35. The monoisotopic (exact) mass is 412 g/mol. The number of rotatable bonds is 3. The van der Waals surface area contributed by atoms with Gasteiger partial charge in [-0.05, 0) is 31.9 Å². The molecule has 0 unspecified atom stereocenters. The molecule has 0 N–H and O–H groups in total. The zero-order valence-electron chi connectivity index (χ0n) is 15.0. The summed E-state index contributed by atoms with van der Waals surface area (Å²) in [6.07, 6.45) is 2.04. The molecule has 1 aliphatic heterocycles. The van der Waals surface area contributed by atoms with E-state index < -0.39 is 11.4 Å². The van der Waals surface area contributed by atoms with Crippen molar-refractivity contribution in [3.05, 3.63) is 16.8 Å². The van der Waals surface area contributed by atoms with Gasteiger partial charge in [0.1, 0.15) is 23.3 Å². The van der Waals surface area contributed by atoms with Gasteiger partial charge in [0.15, 0.2) is 16.6 Å². The van der Waals surface area contributed by atoms with Crippen molar-refractivity contribution in [1.29, 1.82) is 0 Å². The molecule has 5 rings (SSSR count). The Balaban J connectivity index is 1.60. The van der Waals surface area contributed by atoms with Crippen LogP contribution in [0.3, 0.4) is 0 Å². The molecule has 144 valence electrons. The SMILES string of the molecule is CCC(=O)O[C@]12C[C@@H]1[C@@H](n1cnc3c(Cl)nc(Cl)nc31)[C@@H]1OC(C)(C)O[C@@H]12.